The number of aromatic amines is 1. The number of oxime groups is 1. The number of hydrogen-bond donors (Lipinski definition) is 4. The largest absolute Gasteiger partial charge is 0.496 e. The first-order valence-electron chi connectivity index (χ1n) is 8.88. The molecule has 3 aromatic rings. The quantitative estimate of drug-likeness (QED) is 0.112. The summed E-state index contributed by atoms with van der Waals surface area (Å²) in [6.45, 7) is 1.70. The minimum atomic E-state index is -0.206. The molecule has 0 aliphatic carbocycles. The third kappa shape index (κ3) is 4.24. The molecule has 0 saturated carbocycles. The van der Waals surface area contributed by atoms with Gasteiger partial charge in [-0.05, 0) is 49.4 Å². The molecule has 30 heavy (non-hydrogen) atoms. The van der Waals surface area contributed by atoms with Gasteiger partial charge in [-0.2, -0.15) is 0 Å². The van der Waals surface area contributed by atoms with E-state index in [0.29, 0.717) is 27.3 Å². The third-order valence-electron chi connectivity index (χ3n) is 4.52. The van der Waals surface area contributed by atoms with Crippen molar-refractivity contribution < 1.29 is 24.7 Å². The molecule has 8 nitrogen and oxygen atoms in total. The Morgan fingerprint density at radius 1 is 1.27 bits per heavy atom. The van der Waals surface area contributed by atoms with Crippen molar-refractivity contribution in [2.24, 2.45) is 5.16 Å². The van der Waals surface area contributed by atoms with Crippen molar-refractivity contribution >= 4 is 40.2 Å². The molecule has 0 aliphatic heterocycles. The molecule has 0 spiro atoms. The van der Waals surface area contributed by atoms with Crippen LogP contribution in [0.5, 0.6) is 5.75 Å². The summed E-state index contributed by atoms with van der Waals surface area (Å²) in [5.74, 6) is 0.0784. The smallest absolute Gasteiger partial charge is 0.203 e. The monoisotopic (exact) mass is 429 g/mol. The standard InChI is InChI=1S/C21H20ClN3O5/c1-12-15(9-10-30-11-18(24-27)25-28)19-16(23-12)7-8-17(29-2)20(19)21(26)13-3-5-14(22)6-4-13/h3-10,23,27-28H,11H2,1-2H3,(H,24,25). The molecule has 3 rings (SSSR count). The molecule has 0 amide bonds. The highest BCUT2D eigenvalue weighted by Crippen LogP contribution is 2.34. The van der Waals surface area contributed by atoms with Crippen molar-refractivity contribution in [1.82, 2.24) is 10.5 Å². The Bertz CT molecular complexity index is 1120. The first-order valence-corrected chi connectivity index (χ1v) is 9.26. The summed E-state index contributed by atoms with van der Waals surface area (Å²) in [5.41, 5.74) is 4.92. The molecule has 1 heterocycles. The molecule has 4 N–H and O–H groups in total. The number of carbonyl (C=O) groups excluding carboxylic acids is 1. The van der Waals surface area contributed by atoms with Gasteiger partial charge in [0.15, 0.2) is 12.4 Å². The number of aromatic nitrogens is 1. The molecule has 0 radical (unpaired) electrons. The summed E-state index contributed by atoms with van der Waals surface area (Å²) in [7, 11) is 1.51. The fraction of sp³-hybridized carbons (Fsp3) is 0.143. The summed E-state index contributed by atoms with van der Waals surface area (Å²) in [6.07, 6.45) is 3.06. The van der Waals surface area contributed by atoms with Gasteiger partial charge in [0.1, 0.15) is 5.75 Å². The highest BCUT2D eigenvalue weighted by molar-refractivity contribution is 6.30. The van der Waals surface area contributed by atoms with Crippen molar-refractivity contribution in [3.8, 4) is 5.75 Å². The van der Waals surface area contributed by atoms with E-state index in [0.717, 1.165) is 16.8 Å². The van der Waals surface area contributed by atoms with Crippen molar-refractivity contribution in [3.05, 3.63) is 70.1 Å². The lowest BCUT2D eigenvalue weighted by atomic mass is 9.96. The molecular weight excluding hydrogens is 410 g/mol. The zero-order valence-electron chi connectivity index (χ0n) is 16.3. The highest BCUT2D eigenvalue weighted by Gasteiger charge is 2.22. The second-order valence-electron chi connectivity index (χ2n) is 6.34. The van der Waals surface area contributed by atoms with Gasteiger partial charge in [0.2, 0.25) is 5.84 Å². The van der Waals surface area contributed by atoms with Crippen LogP contribution in [0, 0.1) is 6.92 Å². The first-order chi connectivity index (χ1) is 14.5. The van der Waals surface area contributed by atoms with Gasteiger partial charge in [0.05, 0.1) is 18.9 Å². The second kappa shape index (κ2) is 9.34. The normalized spacial score (nSPS) is 11.8. The molecule has 1 aromatic heterocycles. The topological polar surface area (TPSA) is 116 Å². The number of ketones is 1. The number of benzene rings is 2. The number of nitrogens with one attached hydrogen (secondary N) is 2. The summed E-state index contributed by atoms with van der Waals surface area (Å²) in [4.78, 5) is 16.6. The lowest BCUT2D eigenvalue weighted by Gasteiger charge is -2.10. The minimum absolute atomic E-state index is 0.157. The molecule has 0 bridgehead atoms. The lowest BCUT2D eigenvalue weighted by molar-refractivity contribution is 0.103. The van der Waals surface area contributed by atoms with Gasteiger partial charge in [-0.15, -0.1) is 0 Å². The Hall–Kier alpha value is -3.49. The minimum Gasteiger partial charge on any atom is -0.496 e. The third-order valence-corrected chi connectivity index (χ3v) is 4.77. The number of ether oxygens (including phenoxy) is 2. The van der Waals surface area contributed by atoms with Crippen LogP contribution in [0.1, 0.15) is 27.2 Å². The number of hydroxylamine groups is 1. The van der Waals surface area contributed by atoms with Crippen LogP contribution in [-0.4, -0.2) is 40.7 Å². The number of aryl methyl sites for hydroxylation is 1. The van der Waals surface area contributed by atoms with Crippen LogP contribution in [0.15, 0.2) is 47.8 Å². The zero-order chi connectivity index (χ0) is 21.7. The van der Waals surface area contributed by atoms with Crippen molar-refractivity contribution in [3.63, 3.8) is 0 Å². The molecule has 0 aliphatic rings. The number of hydrogen-bond acceptors (Lipinski definition) is 6. The number of amidine groups is 1. The average Bonchev–Trinajstić information content (AvgIpc) is 3.08. The molecular formula is C21H20ClN3O5. The van der Waals surface area contributed by atoms with E-state index < -0.39 is 0 Å². The van der Waals surface area contributed by atoms with Crippen LogP contribution in [0.4, 0.5) is 0 Å². The number of nitrogens with zero attached hydrogens (tertiary/aromatic N) is 1. The fourth-order valence-corrected chi connectivity index (χ4v) is 3.23. The van der Waals surface area contributed by atoms with Gasteiger partial charge in [-0.1, -0.05) is 16.8 Å². The Labute approximate surface area is 177 Å². The maximum atomic E-state index is 13.3. The average molecular weight is 430 g/mol. The van der Waals surface area contributed by atoms with E-state index in [1.807, 2.05) is 13.0 Å². The second-order valence-corrected chi connectivity index (χ2v) is 6.77. The van der Waals surface area contributed by atoms with Crippen LogP contribution in [0.2, 0.25) is 5.02 Å². The maximum absolute atomic E-state index is 13.3. The Morgan fingerprint density at radius 2 is 2.00 bits per heavy atom. The Balaban J connectivity index is 2.07. The van der Waals surface area contributed by atoms with E-state index in [9.17, 15) is 4.79 Å². The van der Waals surface area contributed by atoms with Crippen LogP contribution in [0.25, 0.3) is 17.0 Å². The van der Waals surface area contributed by atoms with Crippen molar-refractivity contribution in [2.45, 2.75) is 6.92 Å². The number of fused-ring (bicyclic) bond motifs is 1. The number of H-pyrrole nitrogens is 1. The van der Waals surface area contributed by atoms with Crippen LogP contribution >= 0.6 is 11.6 Å². The van der Waals surface area contributed by atoms with Gasteiger partial charge >= 0.3 is 0 Å². The number of rotatable bonds is 7. The summed E-state index contributed by atoms with van der Waals surface area (Å²) in [5, 5.41) is 21.5. The molecule has 2 aromatic carbocycles. The molecule has 0 saturated heterocycles. The van der Waals surface area contributed by atoms with Gasteiger partial charge in [0, 0.05) is 32.7 Å². The summed E-state index contributed by atoms with van der Waals surface area (Å²) >= 11 is 5.95. The van der Waals surface area contributed by atoms with E-state index in [2.05, 4.69) is 10.1 Å². The SMILES string of the molecule is COc1ccc2[nH]c(C)c(C=COCC(=NO)NO)c2c1C(=O)c1ccc(Cl)cc1. The maximum Gasteiger partial charge on any atom is 0.203 e. The molecule has 0 unspecified atom stereocenters. The van der Waals surface area contributed by atoms with E-state index >= 15 is 0 Å². The van der Waals surface area contributed by atoms with Crippen LogP contribution in [0.3, 0.4) is 0 Å². The van der Waals surface area contributed by atoms with Crippen LogP contribution < -0.4 is 10.2 Å². The zero-order valence-corrected chi connectivity index (χ0v) is 17.0. The number of halogens is 1. The van der Waals surface area contributed by atoms with Gasteiger partial charge in [-0.3, -0.25) is 10.0 Å². The first kappa shape index (κ1) is 21.2. The summed E-state index contributed by atoms with van der Waals surface area (Å²) in [6, 6.07) is 10.2. The lowest BCUT2D eigenvalue weighted by Crippen LogP contribution is -2.23. The summed E-state index contributed by atoms with van der Waals surface area (Å²) < 4.78 is 10.7. The van der Waals surface area contributed by atoms with E-state index in [4.69, 9.17) is 31.5 Å². The van der Waals surface area contributed by atoms with Crippen LogP contribution in [-0.2, 0) is 4.74 Å². The van der Waals surface area contributed by atoms with Crippen molar-refractivity contribution in [2.75, 3.05) is 13.7 Å². The van der Waals surface area contributed by atoms with Gasteiger partial charge in [0.25, 0.3) is 0 Å². The molecule has 9 heteroatoms. The predicted octanol–water partition coefficient (Wildman–Crippen LogP) is 4.12. The molecule has 0 fully saturated rings. The van der Waals surface area contributed by atoms with Gasteiger partial charge in [-0.25, -0.2) is 5.48 Å². The number of carbonyl (C=O) groups is 1. The molecule has 0 atom stereocenters. The fourth-order valence-electron chi connectivity index (χ4n) is 3.10. The van der Waals surface area contributed by atoms with Gasteiger partial charge < -0.3 is 19.7 Å². The molecule has 156 valence electrons. The predicted molar refractivity (Wildman–Crippen MR) is 114 cm³/mol. The Morgan fingerprint density at radius 3 is 2.63 bits per heavy atom. The van der Waals surface area contributed by atoms with Crippen molar-refractivity contribution in [1.29, 1.82) is 0 Å². The highest BCUT2D eigenvalue weighted by atomic mass is 35.5. The van der Waals surface area contributed by atoms with E-state index in [1.54, 1.807) is 41.9 Å². The Kier molecular flexibility index (Phi) is 6.61. The number of methoxy groups -OCH3 is 1. The van der Waals surface area contributed by atoms with E-state index in [-0.39, 0.29) is 18.2 Å². The van der Waals surface area contributed by atoms with E-state index in [1.165, 1.54) is 13.4 Å².